The fraction of sp³-hybridized carbons (Fsp3) is 0.214. The van der Waals surface area contributed by atoms with Gasteiger partial charge in [0.05, 0.1) is 31.7 Å². The number of pyridine rings is 1. The number of allylic oxidation sites excluding steroid dienone is 1. The van der Waals surface area contributed by atoms with E-state index < -0.39 is 6.04 Å². The van der Waals surface area contributed by atoms with Crippen molar-refractivity contribution in [3.8, 4) is 22.9 Å². The van der Waals surface area contributed by atoms with Gasteiger partial charge >= 0.3 is 0 Å². The van der Waals surface area contributed by atoms with Crippen LogP contribution in [0.25, 0.3) is 11.4 Å². The smallest absolute Gasteiger partial charge is 0.255 e. The Morgan fingerprint density at radius 1 is 1.03 bits per heavy atom. The molecule has 5 rings (SSSR count). The van der Waals surface area contributed by atoms with Gasteiger partial charge in [0.25, 0.3) is 5.91 Å². The lowest BCUT2D eigenvalue weighted by Gasteiger charge is -2.29. The first kappa shape index (κ1) is 24.1. The predicted octanol–water partition coefficient (Wildman–Crippen LogP) is 4.90. The molecule has 1 unspecified atom stereocenters. The lowest BCUT2D eigenvalue weighted by atomic mass is 9.94. The standard InChI is InChI=1S/C28H28N6O3/c1-16-11-12-19(14-17(16)2)26-32-28-30-18(3)23(27(35)31-20-8-7-13-29-15-20)24(34(28)33-26)21-9-6-10-22(36-4)25(21)37-5/h6-15,24H,1-5H3,(H,31,35)(H,30,32,33). The van der Waals surface area contributed by atoms with Crippen molar-refractivity contribution in [2.45, 2.75) is 26.8 Å². The summed E-state index contributed by atoms with van der Waals surface area (Å²) in [4.78, 5) is 22.6. The summed E-state index contributed by atoms with van der Waals surface area (Å²) in [6.45, 7) is 5.98. The molecule has 1 atom stereocenters. The number of rotatable bonds is 6. The van der Waals surface area contributed by atoms with E-state index in [0.717, 1.165) is 16.7 Å². The normalized spacial score (nSPS) is 14.6. The molecular weight excluding hydrogens is 468 g/mol. The van der Waals surface area contributed by atoms with Gasteiger partial charge in [0, 0.05) is 23.0 Å². The number of para-hydroxylation sites is 1. The van der Waals surface area contributed by atoms with E-state index in [4.69, 9.17) is 19.6 Å². The third-order valence-electron chi connectivity index (χ3n) is 6.51. The number of carbonyl (C=O) groups excluding carboxylic acids is 1. The third-order valence-corrected chi connectivity index (χ3v) is 6.51. The summed E-state index contributed by atoms with van der Waals surface area (Å²) in [6.07, 6.45) is 3.26. The number of methoxy groups -OCH3 is 2. The van der Waals surface area contributed by atoms with Crippen LogP contribution in [-0.4, -0.2) is 39.9 Å². The highest BCUT2D eigenvalue weighted by Crippen LogP contribution is 2.43. The zero-order chi connectivity index (χ0) is 26.1. The van der Waals surface area contributed by atoms with Gasteiger partial charge in [0.1, 0.15) is 6.04 Å². The van der Waals surface area contributed by atoms with Crippen molar-refractivity contribution in [2.24, 2.45) is 0 Å². The average molecular weight is 497 g/mol. The molecule has 4 aromatic rings. The first-order valence-corrected chi connectivity index (χ1v) is 11.9. The van der Waals surface area contributed by atoms with Crippen molar-refractivity contribution >= 4 is 17.5 Å². The van der Waals surface area contributed by atoms with Crippen LogP contribution in [0.5, 0.6) is 11.5 Å². The highest BCUT2D eigenvalue weighted by Gasteiger charge is 2.37. The Hall–Kier alpha value is -4.66. The molecule has 0 saturated heterocycles. The molecule has 0 saturated carbocycles. The summed E-state index contributed by atoms with van der Waals surface area (Å²) in [5.41, 5.74) is 5.66. The SMILES string of the molecule is COc1cccc(C2C(C(=O)Nc3cccnc3)=C(C)Nc3nc(-c4ccc(C)c(C)c4)nn32)c1OC. The fourth-order valence-electron chi connectivity index (χ4n) is 4.50. The number of benzene rings is 2. The molecule has 0 fully saturated rings. The van der Waals surface area contributed by atoms with E-state index in [1.807, 2.05) is 31.2 Å². The van der Waals surface area contributed by atoms with E-state index in [0.29, 0.717) is 40.2 Å². The summed E-state index contributed by atoms with van der Waals surface area (Å²) in [6, 6.07) is 14.6. The number of amides is 1. The predicted molar refractivity (Wildman–Crippen MR) is 142 cm³/mol. The van der Waals surface area contributed by atoms with Crippen molar-refractivity contribution in [1.29, 1.82) is 0 Å². The quantitative estimate of drug-likeness (QED) is 0.391. The zero-order valence-electron chi connectivity index (χ0n) is 21.4. The van der Waals surface area contributed by atoms with Crippen LogP contribution in [0.15, 0.2) is 72.2 Å². The Bertz CT molecular complexity index is 1510. The molecule has 1 aliphatic rings. The molecule has 0 radical (unpaired) electrons. The van der Waals surface area contributed by atoms with Crippen molar-refractivity contribution in [3.63, 3.8) is 0 Å². The van der Waals surface area contributed by atoms with Gasteiger partial charge in [-0.3, -0.25) is 9.78 Å². The van der Waals surface area contributed by atoms with Crippen LogP contribution < -0.4 is 20.1 Å². The monoisotopic (exact) mass is 496 g/mol. The van der Waals surface area contributed by atoms with Crippen LogP contribution in [0, 0.1) is 13.8 Å². The number of anilines is 2. The largest absolute Gasteiger partial charge is 0.493 e. The Morgan fingerprint density at radius 3 is 2.57 bits per heavy atom. The number of hydrogen-bond acceptors (Lipinski definition) is 7. The number of ether oxygens (including phenoxy) is 2. The van der Waals surface area contributed by atoms with Crippen molar-refractivity contribution in [3.05, 3.63) is 88.9 Å². The number of carbonyl (C=O) groups is 1. The number of hydrogen-bond donors (Lipinski definition) is 2. The van der Waals surface area contributed by atoms with E-state index in [1.54, 1.807) is 43.4 Å². The van der Waals surface area contributed by atoms with Crippen molar-refractivity contribution in [1.82, 2.24) is 19.7 Å². The van der Waals surface area contributed by atoms with Gasteiger partial charge in [0.2, 0.25) is 5.95 Å². The Labute approximate surface area is 215 Å². The van der Waals surface area contributed by atoms with Crippen molar-refractivity contribution in [2.75, 3.05) is 24.9 Å². The van der Waals surface area contributed by atoms with Gasteiger partial charge in [-0.1, -0.05) is 24.3 Å². The molecule has 0 bridgehead atoms. The second-order valence-electron chi connectivity index (χ2n) is 8.85. The first-order chi connectivity index (χ1) is 17.9. The van der Waals surface area contributed by atoms with E-state index in [1.165, 1.54) is 5.56 Å². The van der Waals surface area contributed by atoms with Gasteiger partial charge in [0.15, 0.2) is 17.3 Å². The molecule has 1 aliphatic heterocycles. The summed E-state index contributed by atoms with van der Waals surface area (Å²) in [5.74, 6) is 1.87. The van der Waals surface area contributed by atoms with Crippen molar-refractivity contribution < 1.29 is 14.3 Å². The van der Waals surface area contributed by atoms with Gasteiger partial charge in [-0.2, -0.15) is 4.98 Å². The summed E-state index contributed by atoms with van der Waals surface area (Å²) >= 11 is 0. The molecule has 188 valence electrons. The minimum atomic E-state index is -0.634. The van der Waals surface area contributed by atoms with Crippen LogP contribution in [0.1, 0.15) is 29.7 Å². The maximum absolute atomic E-state index is 13.7. The summed E-state index contributed by atoms with van der Waals surface area (Å²) in [7, 11) is 3.16. The summed E-state index contributed by atoms with van der Waals surface area (Å²) in [5, 5.41) is 11.1. The maximum atomic E-state index is 13.7. The fourth-order valence-corrected chi connectivity index (χ4v) is 4.50. The lowest BCUT2D eigenvalue weighted by molar-refractivity contribution is -0.113. The average Bonchev–Trinajstić information content (AvgIpc) is 3.33. The van der Waals surface area contributed by atoms with Crippen LogP contribution in [0.3, 0.4) is 0 Å². The molecule has 0 aliphatic carbocycles. The maximum Gasteiger partial charge on any atom is 0.255 e. The Balaban J connectivity index is 1.67. The second kappa shape index (κ2) is 9.77. The second-order valence-corrected chi connectivity index (χ2v) is 8.85. The molecular formula is C28H28N6O3. The summed E-state index contributed by atoms with van der Waals surface area (Å²) < 4.78 is 13.1. The Morgan fingerprint density at radius 2 is 1.86 bits per heavy atom. The molecule has 1 amide bonds. The molecule has 2 aromatic carbocycles. The van der Waals surface area contributed by atoms with E-state index >= 15 is 0 Å². The van der Waals surface area contributed by atoms with E-state index in [2.05, 4.69) is 41.6 Å². The van der Waals surface area contributed by atoms with Gasteiger partial charge in [-0.15, -0.1) is 5.10 Å². The number of nitrogens with one attached hydrogen (secondary N) is 2. The molecule has 3 heterocycles. The molecule has 37 heavy (non-hydrogen) atoms. The third kappa shape index (κ3) is 4.40. The Kier molecular flexibility index (Phi) is 6.35. The van der Waals surface area contributed by atoms with Gasteiger partial charge < -0.3 is 20.1 Å². The van der Waals surface area contributed by atoms with E-state index in [9.17, 15) is 4.79 Å². The highest BCUT2D eigenvalue weighted by molar-refractivity contribution is 6.06. The number of aryl methyl sites for hydroxylation is 2. The minimum absolute atomic E-state index is 0.290. The van der Waals surface area contributed by atoms with Crippen LogP contribution in [0.4, 0.5) is 11.6 Å². The number of fused-ring (bicyclic) bond motifs is 1. The number of aromatic nitrogens is 4. The molecule has 9 heteroatoms. The topological polar surface area (TPSA) is 103 Å². The van der Waals surface area contributed by atoms with Gasteiger partial charge in [-0.25, -0.2) is 4.68 Å². The lowest BCUT2D eigenvalue weighted by Crippen LogP contribution is -2.31. The van der Waals surface area contributed by atoms with Gasteiger partial charge in [-0.05, 0) is 56.2 Å². The zero-order valence-corrected chi connectivity index (χ0v) is 21.4. The molecule has 2 aromatic heterocycles. The van der Waals surface area contributed by atoms with Crippen LogP contribution in [0.2, 0.25) is 0 Å². The molecule has 9 nitrogen and oxygen atoms in total. The molecule has 0 spiro atoms. The molecule has 2 N–H and O–H groups in total. The van der Waals surface area contributed by atoms with Crippen LogP contribution in [-0.2, 0) is 4.79 Å². The van der Waals surface area contributed by atoms with Crippen LogP contribution >= 0.6 is 0 Å². The van der Waals surface area contributed by atoms with E-state index in [-0.39, 0.29) is 5.91 Å². The first-order valence-electron chi connectivity index (χ1n) is 11.9. The minimum Gasteiger partial charge on any atom is -0.493 e. The highest BCUT2D eigenvalue weighted by atomic mass is 16.5. The number of nitrogens with zero attached hydrogens (tertiary/aromatic N) is 4.